The van der Waals surface area contributed by atoms with Crippen LogP contribution in [-0.2, 0) is 32.6 Å². The van der Waals surface area contributed by atoms with Gasteiger partial charge in [0.05, 0.1) is 17.2 Å². The Morgan fingerprint density at radius 1 is 0.851 bits per heavy atom. The summed E-state index contributed by atoms with van der Waals surface area (Å²) in [6.45, 7) is 7.78. The number of carbonyl (C=O) groups excluding carboxylic acids is 2. The van der Waals surface area contributed by atoms with E-state index in [1.165, 1.54) is 17.0 Å². The van der Waals surface area contributed by atoms with Crippen molar-refractivity contribution in [3.63, 3.8) is 0 Å². The molecule has 1 N–H and O–H groups in total. The molecule has 8 nitrogen and oxygen atoms in total. The van der Waals surface area contributed by atoms with Crippen molar-refractivity contribution in [2.24, 2.45) is 0 Å². The summed E-state index contributed by atoms with van der Waals surface area (Å²) in [7, 11) is -4.21. The summed E-state index contributed by atoms with van der Waals surface area (Å²) in [6, 6.07) is 29.1. The molecule has 4 rings (SSSR count). The molecule has 4 aromatic rings. The maximum atomic E-state index is 14.6. The number of nitrogens with zero attached hydrogens (tertiary/aromatic N) is 2. The average molecular weight is 721 g/mol. The molecule has 0 aliphatic heterocycles. The number of anilines is 1. The summed E-state index contributed by atoms with van der Waals surface area (Å²) < 4.78 is 35.8. The minimum atomic E-state index is -4.21. The predicted molar refractivity (Wildman–Crippen MR) is 190 cm³/mol. The van der Waals surface area contributed by atoms with Crippen LogP contribution in [0.5, 0.6) is 5.75 Å². The van der Waals surface area contributed by atoms with Crippen LogP contribution in [0.2, 0.25) is 0 Å². The molecule has 0 heterocycles. The maximum absolute atomic E-state index is 14.6. The second-order valence-electron chi connectivity index (χ2n) is 11.4. The maximum Gasteiger partial charge on any atom is 0.264 e. The standard InChI is InChI=1S/C37H42BrN3O5S/c1-5-28(4)39-37(43)35(24-29-10-8-7-9-11-29)40(25-30-14-12-27(3)13-15-30)36(42)26-41(32-18-20-33(21-19-32)46-6-2)47(44,45)34-22-16-31(38)17-23-34/h7-23,28,35H,5-6,24-26H2,1-4H3,(H,39,43). The lowest BCUT2D eigenvalue weighted by atomic mass is 10.0. The summed E-state index contributed by atoms with van der Waals surface area (Å²) in [5.74, 6) is -0.235. The Kier molecular flexibility index (Phi) is 12.6. The summed E-state index contributed by atoms with van der Waals surface area (Å²) in [6.07, 6.45) is 0.968. The van der Waals surface area contributed by atoms with Gasteiger partial charge in [0.2, 0.25) is 11.8 Å². The van der Waals surface area contributed by atoms with E-state index >= 15 is 0 Å². The van der Waals surface area contributed by atoms with Crippen LogP contribution < -0.4 is 14.4 Å². The zero-order valence-electron chi connectivity index (χ0n) is 27.2. The summed E-state index contributed by atoms with van der Waals surface area (Å²) in [5, 5.41) is 3.06. The van der Waals surface area contributed by atoms with E-state index in [-0.39, 0.29) is 29.8 Å². The van der Waals surface area contributed by atoms with Crippen molar-refractivity contribution in [3.05, 3.63) is 124 Å². The van der Waals surface area contributed by atoms with Crippen molar-refractivity contribution in [1.82, 2.24) is 10.2 Å². The van der Waals surface area contributed by atoms with Gasteiger partial charge in [-0.3, -0.25) is 13.9 Å². The third kappa shape index (κ3) is 9.68. The molecule has 248 valence electrons. The Morgan fingerprint density at radius 2 is 1.49 bits per heavy atom. The van der Waals surface area contributed by atoms with Gasteiger partial charge in [-0.1, -0.05) is 83.0 Å². The number of amides is 2. The molecular weight excluding hydrogens is 678 g/mol. The Labute approximate surface area is 286 Å². The summed E-state index contributed by atoms with van der Waals surface area (Å²) in [4.78, 5) is 30.1. The van der Waals surface area contributed by atoms with Gasteiger partial charge in [-0.2, -0.15) is 0 Å². The van der Waals surface area contributed by atoms with Gasteiger partial charge in [-0.05, 0) is 86.8 Å². The van der Waals surface area contributed by atoms with Crippen LogP contribution in [0, 0.1) is 6.92 Å². The molecule has 0 aliphatic carbocycles. The van der Waals surface area contributed by atoms with Crippen molar-refractivity contribution in [3.8, 4) is 5.75 Å². The minimum Gasteiger partial charge on any atom is -0.494 e. The van der Waals surface area contributed by atoms with Crippen molar-refractivity contribution < 1.29 is 22.7 Å². The predicted octanol–water partition coefficient (Wildman–Crippen LogP) is 6.91. The quantitative estimate of drug-likeness (QED) is 0.144. The molecule has 0 saturated carbocycles. The third-order valence-electron chi connectivity index (χ3n) is 7.86. The van der Waals surface area contributed by atoms with Crippen LogP contribution in [0.1, 0.15) is 43.9 Å². The number of sulfonamides is 1. The molecule has 2 atom stereocenters. The van der Waals surface area contributed by atoms with Gasteiger partial charge < -0.3 is 15.0 Å². The molecule has 47 heavy (non-hydrogen) atoms. The van der Waals surface area contributed by atoms with Crippen LogP contribution >= 0.6 is 15.9 Å². The van der Waals surface area contributed by atoms with E-state index in [9.17, 15) is 18.0 Å². The van der Waals surface area contributed by atoms with Gasteiger partial charge in [-0.25, -0.2) is 8.42 Å². The van der Waals surface area contributed by atoms with E-state index in [1.54, 1.807) is 36.4 Å². The topological polar surface area (TPSA) is 96.0 Å². The monoisotopic (exact) mass is 719 g/mol. The molecule has 0 spiro atoms. The van der Waals surface area contributed by atoms with Crippen molar-refractivity contribution in [2.75, 3.05) is 17.5 Å². The first-order valence-electron chi connectivity index (χ1n) is 15.7. The number of rotatable bonds is 15. The van der Waals surface area contributed by atoms with E-state index in [0.29, 0.717) is 24.5 Å². The number of nitrogens with one attached hydrogen (secondary N) is 1. The molecule has 0 aliphatic rings. The second-order valence-corrected chi connectivity index (χ2v) is 14.2. The number of carbonyl (C=O) groups is 2. The fourth-order valence-corrected chi connectivity index (χ4v) is 6.70. The van der Waals surface area contributed by atoms with E-state index in [2.05, 4.69) is 21.2 Å². The van der Waals surface area contributed by atoms with Crippen molar-refractivity contribution >= 4 is 43.5 Å². The Bertz CT molecular complexity index is 1720. The fraction of sp³-hybridized carbons (Fsp3) is 0.297. The minimum absolute atomic E-state index is 0.0304. The lowest BCUT2D eigenvalue weighted by molar-refractivity contribution is -0.140. The van der Waals surface area contributed by atoms with Gasteiger partial charge >= 0.3 is 0 Å². The van der Waals surface area contributed by atoms with Gasteiger partial charge in [0.1, 0.15) is 18.3 Å². The Morgan fingerprint density at radius 3 is 2.09 bits per heavy atom. The van der Waals surface area contributed by atoms with Crippen LogP contribution in [-0.4, -0.2) is 50.4 Å². The van der Waals surface area contributed by atoms with Gasteiger partial charge in [0.25, 0.3) is 10.0 Å². The first-order chi connectivity index (χ1) is 22.5. The lowest BCUT2D eigenvalue weighted by Crippen LogP contribution is -2.54. The molecule has 0 radical (unpaired) electrons. The van der Waals surface area contributed by atoms with E-state index in [0.717, 1.165) is 25.5 Å². The van der Waals surface area contributed by atoms with Crippen LogP contribution in [0.25, 0.3) is 0 Å². The third-order valence-corrected chi connectivity index (χ3v) is 10.2. The van der Waals surface area contributed by atoms with Crippen molar-refractivity contribution in [2.45, 2.75) is 64.1 Å². The Hall–Kier alpha value is -4.15. The number of halogens is 1. The molecule has 10 heteroatoms. The molecule has 0 bridgehead atoms. The van der Waals surface area contributed by atoms with Crippen LogP contribution in [0.15, 0.2) is 112 Å². The lowest BCUT2D eigenvalue weighted by Gasteiger charge is -2.34. The van der Waals surface area contributed by atoms with Gasteiger partial charge in [0.15, 0.2) is 0 Å². The van der Waals surface area contributed by atoms with Gasteiger partial charge in [0, 0.05) is 23.5 Å². The van der Waals surface area contributed by atoms with Crippen LogP contribution in [0.4, 0.5) is 5.69 Å². The molecule has 0 saturated heterocycles. The zero-order chi connectivity index (χ0) is 34.0. The number of ether oxygens (including phenoxy) is 1. The van der Waals surface area contributed by atoms with E-state index in [4.69, 9.17) is 4.74 Å². The first kappa shape index (κ1) is 35.7. The van der Waals surface area contributed by atoms with Crippen LogP contribution in [0.3, 0.4) is 0 Å². The average Bonchev–Trinajstić information content (AvgIpc) is 3.07. The van der Waals surface area contributed by atoms with E-state index < -0.39 is 28.5 Å². The summed E-state index contributed by atoms with van der Waals surface area (Å²) >= 11 is 3.37. The molecule has 4 aromatic carbocycles. The zero-order valence-corrected chi connectivity index (χ0v) is 29.6. The number of benzene rings is 4. The molecule has 2 amide bonds. The highest BCUT2D eigenvalue weighted by atomic mass is 79.9. The second kappa shape index (κ2) is 16.6. The largest absolute Gasteiger partial charge is 0.494 e. The Balaban J connectivity index is 1.80. The normalized spacial score (nSPS) is 12.5. The van der Waals surface area contributed by atoms with E-state index in [1.807, 2.05) is 82.3 Å². The molecule has 2 unspecified atom stereocenters. The molecule has 0 fully saturated rings. The smallest absolute Gasteiger partial charge is 0.264 e. The molecular formula is C37H42BrN3O5S. The SMILES string of the molecule is CCOc1ccc(N(CC(=O)N(Cc2ccc(C)cc2)C(Cc2ccccc2)C(=O)NC(C)CC)S(=O)(=O)c2ccc(Br)cc2)cc1. The first-order valence-corrected chi connectivity index (χ1v) is 18.0. The highest BCUT2D eigenvalue weighted by Crippen LogP contribution is 2.28. The fourth-order valence-electron chi connectivity index (χ4n) is 5.02. The highest BCUT2D eigenvalue weighted by Gasteiger charge is 2.35. The van der Waals surface area contributed by atoms with Gasteiger partial charge in [-0.15, -0.1) is 0 Å². The number of hydrogen-bond acceptors (Lipinski definition) is 5. The molecule has 0 aromatic heterocycles. The highest BCUT2D eigenvalue weighted by molar-refractivity contribution is 9.10. The van der Waals surface area contributed by atoms with Crippen molar-refractivity contribution in [1.29, 1.82) is 0 Å². The number of hydrogen-bond donors (Lipinski definition) is 1. The number of aryl methyl sites for hydroxylation is 1. The summed E-state index contributed by atoms with van der Waals surface area (Å²) in [5.41, 5.74) is 3.05.